The lowest BCUT2D eigenvalue weighted by Gasteiger charge is -2.03. The third kappa shape index (κ3) is 1.35. The fourth-order valence-corrected chi connectivity index (χ4v) is 2.63. The molecule has 1 aliphatic carbocycles. The monoisotopic (exact) mass is 223 g/mol. The second-order valence-electron chi connectivity index (χ2n) is 3.98. The van der Waals surface area contributed by atoms with Gasteiger partial charge in [-0.3, -0.25) is 0 Å². The van der Waals surface area contributed by atoms with Crippen LogP contribution in [0.1, 0.15) is 16.7 Å². The van der Waals surface area contributed by atoms with Crippen LogP contribution in [0.4, 0.5) is 0 Å². The van der Waals surface area contributed by atoms with E-state index in [-0.39, 0.29) is 0 Å². The summed E-state index contributed by atoms with van der Waals surface area (Å²) in [4.78, 5) is 0. The van der Waals surface area contributed by atoms with Crippen LogP contribution in [0.25, 0.3) is 10.8 Å². The lowest BCUT2D eigenvalue weighted by atomic mass is 10.0. The minimum Gasteiger partial charge on any atom is -0.0613 e. The van der Waals surface area contributed by atoms with Gasteiger partial charge in [0.25, 0.3) is 11.4 Å². The van der Waals surface area contributed by atoms with Crippen LogP contribution in [0.5, 0.6) is 0 Å². The summed E-state index contributed by atoms with van der Waals surface area (Å²) in [7, 11) is 0. The molecular formula is C15H11S+. The molecule has 0 fully saturated rings. The van der Waals surface area contributed by atoms with Crippen LogP contribution in [0.15, 0.2) is 30.3 Å². The van der Waals surface area contributed by atoms with E-state index < -0.39 is 0 Å². The van der Waals surface area contributed by atoms with Crippen molar-refractivity contribution in [1.29, 1.82) is 0 Å². The van der Waals surface area contributed by atoms with Gasteiger partial charge in [0, 0.05) is 11.5 Å². The van der Waals surface area contributed by atoms with Gasteiger partial charge in [0.1, 0.15) is 0 Å². The van der Waals surface area contributed by atoms with Crippen molar-refractivity contribution in [3.8, 4) is 11.2 Å². The third-order valence-corrected chi connectivity index (χ3v) is 3.38. The molecule has 0 nitrogen and oxygen atoms in total. The SMILES string of the molecule is C=[S+]C#Cc1ccc2c3c(cccc13)CC2. The molecule has 0 bridgehead atoms. The summed E-state index contributed by atoms with van der Waals surface area (Å²) < 4.78 is 0. The zero-order valence-corrected chi connectivity index (χ0v) is 9.73. The molecule has 1 aliphatic rings. The van der Waals surface area contributed by atoms with Crippen LogP contribution in [-0.2, 0) is 24.2 Å². The van der Waals surface area contributed by atoms with Gasteiger partial charge in [-0.15, -0.1) is 0 Å². The van der Waals surface area contributed by atoms with Gasteiger partial charge in [0.05, 0.1) is 0 Å². The lowest BCUT2D eigenvalue weighted by molar-refractivity contribution is 1.02. The van der Waals surface area contributed by atoms with Crippen LogP contribution >= 0.6 is 0 Å². The first-order valence-corrected chi connectivity index (χ1v) is 6.34. The van der Waals surface area contributed by atoms with Gasteiger partial charge >= 0.3 is 0 Å². The predicted molar refractivity (Wildman–Crippen MR) is 72.7 cm³/mol. The maximum absolute atomic E-state index is 3.67. The molecule has 3 rings (SSSR count). The molecule has 16 heavy (non-hydrogen) atoms. The first kappa shape index (κ1) is 9.57. The van der Waals surface area contributed by atoms with Crippen LogP contribution in [0.2, 0.25) is 0 Å². The van der Waals surface area contributed by atoms with Crippen molar-refractivity contribution in [3.63, 3.8) is 0 Å². The van der Waals surface area contributed by atoms with Crippen molar-refractivity contribution in [2.75, 3.05) is 0 Å². The summed E-state index contributed by atoms with van der Waals surface area (Å²) in [5.74, 6) is 6.84. The standard InChI is InChI=1S/C15H11S/c1-16-10-9-11-5-6-13-8-7-12-3-2-4-14(11)15(12)13/h2-6H,1,7-8H2/q+1. The highest BCUT2D eigenvalue weighted by molar-refractivity contribution is 7.81. The van der Waals surface area contributed by atoms with Crippen molar-refractivity contribution < 1.29 is 0 Å². The molecule has 0 aromatic heterocycles. The van der Waals surface area contributed by atoms with Crippen molar-refractivity contribution in [2.45, 2.75) is 12.8 Å². The Labute approximate surface area is 99.3 Å². The molecule has 0 spiro atoms. The van der Waals surface area contributed by atoms with Gasteiger partial charge in [0.2, 0.25) is 5.25 Å². The molecule has 0 unspecified atom stereocenters. The van der Waals surface area contributed by atoms with Crippen molar-refractivity contribution in [2.24, 2.45) is 0 Å². The molecule has 0 aliphatic heterocycles. The number of hydrogen-bond donors (Lipinski definition) is 0. The Morgan fingerprint density at radius 2 is 1.88 bits per heavy atom. The molecule has 0 saturated carbocycles. The van der Waals surface area contributed by atoms with Crippen LogP contribution in [-0.4, -0.2) is 5.87 Å². The maximum atomic E-state index is 3.67. The summed E-state index contributed by atoms with van der Waals surface area (Å²) in [5.41, 5.74) is 4.07. The Balaban J connectivity index is 2.38. The normalized spacial score (nSPS) is 12.2. The van der Waals surface area contributed by atoms with Gasteiger partial charge in [0.15, 0.2) is 5.87 Å². The molecule has 0 N–H and O–H groups in total. The van der Waals surface area contributed by atoms with E-state index in [9.17, 15) is 0 Å². The van der Waals surface area contributed by atoms with E-state index in [1.807, 2.05) is 0 Å². The molecule has 0 heterocycles. The second kappa shape index (κ2) is 3.73. The summed E-state index contributed by atoms with van der Waals surface area (Å²) in [6.45, 7) is 0. The molecule has 0 amide bonds. The fraction of sp³-hybridized carbons (Fsp3) is 0.133. The van der Waals surface area contributed by atoms with E-state index in [1.165, 1.54) is 46.1 Å². The second-order valence-corrected chi connectivity index (χ2v) is 4.48. The number of benzene rings is 2. The highest BCUT2D eigenvalue weighted by atomic mass is 32.1. The topological polar surface area (TPSA) is 0 Å². The Kier molecular flexibility index (Phi) is 2.23. The Morgan fingerprint density at radius 3 is 2.69 bits per heavy atom. The molecule has 2 aromatic rings. The summed E-state index contributed by atoms with van der Waals surface area (Å²) >= 11 is 1.32. The quantitative estimate of drug-likeness (QED) is 0.366. The van der Waals surface area contributed by atoms with Gasteiger partial charge in [-0.2, -0.15) is 0 Å². The lowest BCUT2D eigenvalue weighted by Crippen LogP contribution is -1.83. The smallest absolute Gasteiger partial charge is 0.0613 e. The highest BCUT2D eigenvalue weighted by Gasteiger charge is 2.14. The predicted octanol–water partition coefficient (Wildman–Crippen LogP) is 2.76. The van der Waals surface area contributed by atoms with E-state index in [1.54, 1.807) is 0 Å². The summed E-state index contributed by atoms with van der Waals surface area (Å²) in [6, 6.07) is 10.9. The molecular weight excluding hydrogens is 212 g/mol. The van der Waals surface area contributed by atoms with E-state index in [4.69, 9.17) is 0 Å². The first-order valence-electron chi connectivity index (χ1n) is 5.35. The fourth-order valence-electron chi connectivity index (χ4n) is 2.45. The van der Waals surface area contributed by atoms with Crippen molar-refractivity contribution in [1.82, 2.24) is 0 Å². The molecule has 0 radical (unpaired) electrons. The van der Waals surface area contributed by atoms with Gasteiger partial charge in [-0.25, -0.2) is 0 Å². The molecule has 2 aromatic carbocycles. The minimum atomic E-state index is 1.12. The molecule has 0 atom stereocenters. The van der Waals surface area contributed by atoms with E-state index in [0.29, 0.717) is 0 Å². The van der Waals surface area contributed by atoms with Crippen LogP contribution in [0.3, 0.4) is 0 Å². The highest BCUT2D eigenvalue weighted by Crippen LogP contribution is 2.32. The van der Waals surface area contributed by atoms with E-state index in [0.717, 1.165) is 5.56 Å². The molecule has 76 valence electrons. The Bertz CT molecular complexity index is 631. The third-order valence-electron chi connectivity index (χ3n) is 3.13. The summed E-state index contributed by atoms with van der Waals surface area (Å²) in [6.07, 6.45) is 2.35. The Morgan fingerprint density at radius 1 is 1.06 bits per heavy atom. The van der Waals surface area contributed by atoms with Crippen LogP contribution < -0.4 is 0 Å². The molecule has 0 saturated heterocycles. The van der Waals surface area contributed by atoms with Crippen LogP contribution in [0, 0.1) is 11.2 Å². The number of aryl methyl sites for hydroxylation is 2. The van der Waals surface area contributed by atoms with Gasteiger partial charge < -0.3 is 0 Å². The van der Waals surface area contributed by atoms with Gasteiger partial charge in [-0.1, -0.05) is 24.3 Å². The van der Waals surface area contributed by atoms with Crippen molar-refractivity contribution >= 4 is 28.0 Å². The van der Waals surface area contributed by atoms with Crippen molar-refractivity contribution in [3.05, 3.63) is 47.0 Å². The Hall–Kier alpha value is -1.65. The van der Waals surface area contributed by atoms with E-state index in [2.05, 4.69) is 47.4 Å². The van der Waals surface area contributed by atoms with E-state index >= 15 is 0 Å². The largest absolute Gasteiger partial charge is 0.272 e. The number of hydrogen-bond acceptors (Lipinski definition) is 0. The zero-order valence-electron chi connectivity index (χ0n) is 8.92. The maximum Gasteiger partial charge on any atom is 0.272 e. The first-order chi connectivity index (χ1) is 7.90. The average molecular weight is 223 g/mol. The summed E-state index contributed by atoms with van der Waals surface area (Å²) in [5, 5.41) is 5.71. The van der Waals surface area contributed by atoms with Gasteiger partial charge in [-0.05, 0) is 40.8 Å². The minimum absolute atomic E-state index is 1.12. The number of rotatable bonds is 0. The molecule has 1 heteroatoms. The average Bonchev–Trinajstić information content (AvgIpc) is 2.74. The zero-order chi connectivity index (χ0) is 11.0.